The number of ether oxygens (including phenoxy) is 1. The fourth-order valence-corrected chi connectivity index (χ4v) is 4.41. The number of hydrogen-bond donors (Lipinski definition) is 2. The number of aromatic amines is 2. The number of H-pyrrole nitrogens is 2. The Labute approximate surface area is 207 Å². The second kappa shape index (κ2) is 15.4. The standard InChI is InChI=1S/C30H45N3O/c1-3-5-7-8-9-10-11-12-13-14-15-17-25-19-20-26(32-25)23-29-30(34-22-6-4-2)24-28(33-29)27-18-16-21-31-27/h16,18-21,23-24,31,33H,3-15,17,22H2,1-2H3. The maximum absolute atomic E-state index is 6.08. The summed E-state index contributed by atoms with van der Waals surface area (Å²) in [6.45, 7) is 5.20. The SMILES string of the molecule is CCCCCCCCCCCCCC1=NC(=Cc2[nH]c(-c3ccc[nH]3)cc2OCCCC)C=C1. The summed E-state index contributed by atoms with van der Waals surface area (Å²) in [5, 5.41) is 0. The topological polar surface area (TPSA) is 53.2 Å². The Bertz CT molecular complexity index is 902. The van der Waals surface area contributed by atoms with Crippen molar-refractivity contribution in [1.82, 2.24) is 9.97 Å². The number of unbranched alkanes of at least 4 members (excludes halogenated alkanes) is 11. The highest BCUT2D eigenvalue weighted by Crippen LogP contribution is 2.29. The minimum absolute atomic E-state index is 0.734. The Balaban J connectivity index is 1.42. The number of nitrogens with zero attached hydrogens (tertiary/aromatic N) is 1. The molecule has 1 aliphatic rings. The lowest BCUT2D eigenvalue weighted by Crippen LogP contribution is -1.96. The summed E-state index contributed by atoms with van der Waals surface area (Å²) in [6.07, 6.45) is 26.7. The number of aliphatic imine (C=N–C) groups is 1. The van der Waals surface area contributed by atoms with Crippen LogP contribution in [-0.4, -0.2) is 22.3 Å². The van der Waals surface area contributed by atoms with E-state index in [-0.39, 0.29) is 0 Å². The summed E-state index contributed by atoms with van der Waals surface area (Å²) >= 11 is 0. The molecule has 0 saturated carbocycles. The zero-order valence-electron chi connectivity index (χ0n) is 21.5. The lowest BCUT2D eigenvalue weighted by atomic mass is 10.0. The summed E-state index contributed by atoms with van der Waals surface area (Å²) < 4.78 is 6.08. The molecule has 0 unspecified atom stereocenters. The van der Waals surface area contributed by atoms with Gasteiger partial charge < -0.3 is 14.7 Å². The molecule has 4 heteroatoms. The number of nitrogens with one attached hydrogen (secondary N) is 2. The zero-order chi connectivity index (χ0) is 23.8. The molecular weight excluding hydrogens is 418 g/mol. The highest BCUT2D eigenvalue weighted by Gasteiger charge is 2.12. The molecule has 0 aliphatic carbocycles. The third kappa shape index (κ3) is 9.04. The maximum atomic E-state index is 6.08. The first kappa shape index (κ1) is 26.1. The van der Waals surface area contributed by atoms with Gasteiger partial charge in [0.2, 0.25) is 0 Å². The average molecular weight is 464 g/mol. The molecule has 0 bridgehead atoms. The molecule has 0 radical (unpaired) electrons. The second-order valence-corrected chi connectivity index (χ2v) is 9.54. The van der Waals surface area contributed by atoms with E-state index < -0.39 is 0 Å². The van der Waals surface area contributed by atoms with Gasteiger partial charge in [0, 0.05) is 18.0 Å². The molecule has 0 atom stereocenters. The summed E-state index contributed by atoms with van der Waals surface area (Å²) in [6, 6.07) is 6.16. The van der Waals surface area contributed by atoms with Crippen LogP contribution < -0.4 is 4.74 Å². The molecular formula is C30H45N3O. The monoisotopic (exact) mass is 463 g/mol. The molecule has 186 valence electrons. The van der Waals surface area contributed by atoms with E-state index in [2.05, 4.69) is 54.2 Å². The summed E-state index contributed by atoms with van der Waals surface area (Å²) in [7, 11) is 0. The molecule has 0 spiro atoms. The van der Waals surface area contributed by atoms with E-state index in [1.165, 1.54) is 76.3 Å². The Morgan fingerprint density at radius 3 is 2.21 bits per heavy atom. The van der Waals surface area contributed by atoms with Crippen LogP contribution in [0.25, 0.3) is 17.5 Å². The van der Waals surface area contributed by atoms with E-state index in [4.69, 9.17) is 9.73 Å². The highest BCUT2D eigenvalue weighted by atomic mass is 16.5. The molecule has 0 fully saturated rings. The van der Waals surface area contributed by atoms with Gasteiger partial charge >= 0.3 is 0 Å². The van der Waals surface area contributed by atoms with E-state index >= 15 is 0 Å². The van der Waals surface area contributed by atoms with Gasteiger partial charge in [-0.25, -0.2) is 0 Å². The third-order valence-electron chi connectivity index (χ3n) is 6.50. The number of aromatic nitrogens is 2. The molecule has 3 heterocycles. The maximum Gasteiger partial charge on any atom is 0.144 e. The van der Waals surface area contributed by atoms with Gasteiger partial charge in [-0.2, -0.15) is 0 Å². The smallest absolute Gasteiger partial charge is 0.144 e. The van der Waals surface area contributed by atoms with Crippen LogP contribution in [0.5, 0.6) is 5.75 Å². The van der Waals surface area contributed by atoms with Crippen LogP contribution in [0.1, 0.15) is 109 Å². The first-order chi connectivity index (χ1) is 16.8. The van der Waals surface area contributed by atoms with Crippen molar-refractivity contribution in [3.05, 3.63) is 47.9 Å². The fourth-order valence-electron chi connectivity index (χ4n) is 4.41. The Kier molecular flexibility index (Phi) is 11.8. The van der Waals surface area contributed by atoms with Gasteiger partial charge in [-0.3, -0.25) is 4.99 Å². The van der Waals surface area contributed by atoms with Gasteiger partial charge in [0.25, 0.3) is 0 Å². The Hall–Kier alpha value is -2.49. The minimum Gasteiger partial charge on any atom is -0.491 e. The van der Waals surface area contributed by atoms with Crippen LogP contribution in [-0.2, 0) is 0 Å². The van der Waals surface area contributed by atoms with Crippen LogP contribution >= 0.6 is 0 Å². The molecule has 2 N–H and O–H groups in total. The molecule has 1 aliphatic heterocycles. The largest absolute Gasteiger partial charge is 0.491 e. The molecule has 0 amide bonds. The van der Waals surface area contributed by atoms with Gasteiger partial charge in [-0.15, -0.1) is 0 Å². The van der Waals surface area contributed by atoms with Gasteiger partial charge in [-0.1, -0.05) is 84.5 Å². The van der Waals surface area contributed by atoms with Crippen molar-refractivity contribution in [2.75, 3.05) is 6.61 Å². The summed E-state index contributed by atoms with van der Waals surface area (Å²) in [5.74, 6) is 0.896. The van der Waals surface area contributed by atoms with E-state index in [9.17, 15) is 0 Å². The fraction of sp³-hybridized carbons (Fsp3) is 0.567. The van der Waals surface area contributed by atoms with E-state index in [1.54, 1.807) is 0 Å². The van der Waals surface area contributed by atoms with Crippen molar-refractivity contribution in [2.45, 2.75) is 104 Å². The molecule has 34 heavy (non-hydrogen) atoms. The zero-order valence-corrected chi connectivity index (χ0v) is 21.5. The van der Waals surface area contributed by atoms with Crippen LogP contribution in [0.3, 0.4) is 0 Å². The van der Waals surface area contributed by atoms with Crippen molar-refractivity contribution < 1.29 is 4.74 Å². The lowest BCUT2D eigenvalue weighted by molar-refractivity contribution is 0.309. The number of allylic oxidation sites excluding steroid dienone is 2. The van der Waals surface area contributed by atoms with Crippen LogP contribution in [0.4, 0.5) is 0 Å². The lowest BCUT2D eigenvalue weighted by Gasteiger charge is -2.04. The number of hydrogen-bond acceptors (Lipinski definition) is 2. The molecule has 2 aromatic heterocycles. The normalized spacial score (nSPS) is 14.3. The molecule has 2 aromatic rings. The van der Waals surface area contributed by atoms with Crippen molar-refractivity contribution in [1.29, 1.82) is 0 Å². The second-order valence-electron chi connectivity index (χ2n) is 9.54. The first-order valence-corrected chi connectivity index (χ1v) is 13.8. The van der Waals surface area contributed by atoms with Crippen molar-refractivity contribution in [3.63, 3.8) is 0 Å². The molecule has 4 nitrogen and oxygen atoms in total. The van der Waals surface area contributed by atoms with Crippen molar-refractivity contribution in [2.24, 2.45) is 4.99 Å². The van der Waals surface area contributed by atoms with Gasteiger partial charge in [0.05, 0.1) is 29.4 Å². The predicted octanol–water partition coefficient (Wildman–Crippen LogP) is 9.24. The Morgan fingerprint density at radius 2 is 1.53 bits per heavy atom. The molecule has 3 rings (SSSR count). The van der Waals surface area contributed by atoms with Gasteiger partial charge in [0.15, 0.2) is 0 Å². The first-order valence-electron chi connectivity index (χ1n) is 13.8. The summed E-state index contributed by atoms with van der Waals surface area (Å²) in [4.78, 5) is 11.6. The highest BCUT2D eigenvalue weighted by molar-refractivity contribution is 5.99. The van der Waals surface area contributed by atoms with Gasteiger partial charge in [0.1, 0.15) is 5.75 Å². The number of rotatable bonds is 18. The average Bonchev–Trinajstić information content (AvgIpc) is 3.60. The Morgan fingerprint density at radius 1 is 0.824 bits per heavy atom. The summed E-state index contributed by atoms with van der Waals surface area (Å²) in [5.41, 5.74) is 5.29. The van der Waals surface area contributed by atoms with Gasteiger partial charge in [-0.05, 0) is 49.6 Å². The third-order valence-corrected chi connectivity index (χ3v) is 6.50. The van der Waals surface area contributed by atoms with Crippen LogP contribution in [0.15, 0.2) is 47.2 Å². The van der Waals surface area contributed by atoms with Crippen molar-refractivity contribution in [3.8, 4) is 17.1 Å². The molecule has 0 saturated heterocycles. The quantitative estimate of drug-likeness (QED) is 0.213. The van der Waals surface area contributed by atoms with E-state index in [0.29, 0.717) is 0 Å². The molecule has 0 aromatic carbocycles. The van der Waals surface area contributed by atoms with E-state index in [1.807, 2.05) is 12.3 Å². The minimum atomic E-state index is 0.734. The van der Waals surface area contributed by atoms with Crippen LogP contribution in [0.2, 0.25) is 0 Å². The predicted molar refractivity (Wildman–Crippen MR) is 147 cm³/mol. The van der Waals surface area contributed by atoms with Crippen LogP contribution in [0, 0.1) is 0 Å². The van der Waals surface area contributed by atoms with E-state index in [0.717, 1.165) is 54.4 Å². The van der Waals surface area contributed by atoms with Crippen molar-refractivity contribution >= 4 is 11.8 Å².